The largest absolute Gasteiger partial charge is 0.351 e. The minimum Gasteiger partial charge on any atom is -0.351 e. The Labute approximate surface area is 171 Å². The van der Waals surface area contributed by atoms with E-state index in [1.807, 2.05) is 20.8 Å². The summed E-state index contributed by atoms with van der Waals surface area (Å²) in [7, 11) is 0. The molecular formula is C24H18F3NO2. The highest BCUT2D eigenvalue weighted by molar-refractivity contribution is 6.28. The number of carbonyl (C=O) groups is 2. The zero-order valence-corrected chi connectivity index (χ0v) is 16.6. The number of rotatable bonds is 2. The summed E-state index contributed by atoms with van der Waals surface area (Å²) >= 11 is 0. The van der Waals surface area contributed by atoms with E-state index >= 15 is 4.39 Å². The average Bonchev–Trinajstić information content (AvgIpc) is 2.72. The molecule has 0 amide bonds. The van der Waals surface area contributed by atoms with Crippen molar-refractivity contribution in [2.75, 3.05) is 5.32 Å². The topological polar surface area (TPSA) is 46.2 Å². The van der Waals surface area contributed by atoms with Gasteiger partial charge in [0.15, 0.2) is 29.0 Å². The number of fused-ring (bicyclic) bond motifs is 2. The third-order valence-electron chi connectivity index (χ3n) is 5.21. The highest BCUT2D eigenvalue weighted by Crippen LogP contribution is 2.37. The van der Waals surface area contributed by atoms with Crippen molar-refractivity contribution in [2.24, 2.45) is 0 Å². The molecule has 1 aliphatic rings. The molecule has 0 aromatic heterocycles. The first-order valence-corrected chi connectivity index (χ1v) is 9.37. The predicted molar refractivity (Wildman–Crippen MR) is 108 cm³/mol. The summed E-state index contributed by atoms with van der Waals surface area (Å²) in [5, 5.41) is 2.52. The van der Waals surface area contributed by atoms with Crippen molar-refractivity contribution < 1.29 is 22.8 Å². The average molecular weight is 409 g/mol. The van der Waals surface area contributed by atoms with E-state index in [-0.39, 0.29) is 16.5 Å². The zero-order valence-electron chi connectivity index (χ0n) is 16.6. The van der Waals surface area contributed by atoms with Crippen molar-refractivity contribution in [2.45, 2.75) is 26.2 Å². The molecule has 0 saturated carbocycles. The van der Waals surface area contributed by atoms with Crippen LogP contribution in [-0.4, -0.2) is 11.6 Å². The molecule has 0 saturated heterocycles. The summed E-state index contributed by atoms with van der Waals surface area (Å²) in [5.74, 6) is -6.17. The maximum atomic E-state index is 15.2. The lowest BCUT2D eigenvalue weighted by Gasteiger charge is -2.22. The highest BCUT2D eigenvalue weighted by Gasteiger charge is 2.38. The lowest BCUT2D eigenvalue weighted by molar-refractivity contribution is 0.0971. The summed E-state index contributed by atoms with van der Waals surface area (Å²) in [6.07, 6.45) is 0. The molecule has 0 aliphatic heterocycles. The Morgan fingerprint density at radius 2 is 1.20 bits per heavy atom. The van der Waals surface area contributed by atoms with Crippen LogP contribution in [0.3, 0.4) is 0 Å². The molecule has 6 heteroatoms. The van der Waals surface area contributed by atoms with Gasteiger partial charge in [0.2, 0.25) is 0 Å². The van der Waals surface area contributed by atoms with E-state index in [4.69, 9.17) is 0 Å². The van der Waals surface area contributed by atoms with Crippen molar-refractivity contribution in [1.82, 2.24) is 0 Å². The Hall–Kier alpha value is -3.41. The molecule has 3 nitrogen and oxygen atoms in total. The Morgan fingerprint density at radius 1 is 0.700 bits per heavy atom. The molecular weight excluding hydrogens is 391 g/mol. The molecule has 152 valence electrons. The zero-order chi connectivity index (χ0) is 21.8. The van der Waals surface area contributed by atoms with Crippen LogP contribution in [0.2, 0.25) is 0 Å². The fraction of sp³-hybridized carbons (Fsp3) is 0.167. The predicted octanol–water partition coefficient (Wildman–Crippen LogP) is 5.92. The van der Waals surface area contributed by atoms with Crippen molar-refractivity contribution in [3.63, 3.8) is 0 Å². The van der Waals surface area contributed by atoms with Crippen LogP contribution in [0, 0.1) is 17.5 Å². The van der Waals surface area contributed by atoms with Crippen LogP contribution in [0.5, 0.6) is 0 Å². The smallest absolute Gasteiger partial charge is 0.197 e. The number of hydrogen-bond acceptors (Lipinski definition) is 3. The number of carbonyl (C=O) groups excluding carboxylic acids is 2. The van der Waals surface area contributed by atoms with Crippen LogP contribution in [0.1, 0.15) is 58.2 Å². The first-order valence-electron chi connectivity index (χ1n) is 9.37. The fourth-order valence-corrected chi connectivity index (χ4v) is 3.54. The maximum Gasteiger partial charge on any atom is 0.197 e. The molecule has 3 aromatic rings. The van der Waals surface area contributed by atoms with Gasteiger partial charge in [0.05, 0.1) is 11.1 Å². The van der Waals surface area contributed by atoms with E-state index in [1.165, 1.54) is 24.3 Å². The van der Waals surface area contributed by atoms with Gasteiger partial charge in [-0.05, 0) is 23.1 Å². The van der Waals surface area contributed by atoms with Gasteiger partial charge in [0.25, 0.3) is 0 Å². The van der Waals surface area contributed by atoms with E-state index in [0.717, 1.165) is 5.56 Å². The monoisotopic (exact) mass is 409 g/mol. The molecule has 3 aromatic carbocycles. The van der Waals surface area contributed by atoms with Gasteiger partial charge in [-0.3, -0.25) is 9.59 Å². The van der Waals surface area contributed by atoms with Crippen LogP contribution in [0.4, 0.5) is 24.5 Å². The standard InChI is InChI=1S/C24H18F3NO2/c1-24(2,3)12-8-10-13(11-9-12)28-21-19(26)17-16(18(25)20(21)27)22(29)14-6-4-5-7-15(14)23(17)30/h4-11,28H,1-3H3. The van der Waals surface area contributed by atoms with Gasteiger partial charge < -0.3 is 5.32 Å². The van der Waals surface area contributed by atoms with Crippen LogP contribution in [0.15, 0.2) is 48.5 Å². The minimum atomic E-state index is -1.55. The minimum absolute atomic E-state index is 0.0413. The van der Waals surface area contributed by atoms with Gasteiger partial charge in [-0.15, -0.1) is 0 Å². The van der Waals surface area contributed by atoms with Crippen molar-refractivity contribution >= 4 is 22.9 Å². The summed E-state index contributed by atoms with van der Waals surface area (Å²) in [6.45, 7) is 6.07. The maximum absolute atomic E-state index is 15.2. The Morgan fingerprint density at radius 3 is 1.70 bits per heavy atom. The Bertz CT molecular complexity index is 1210. The third kappa shape index (κ3) is 3.00. The summed E-state index contributed by atoms with van der Waals surface area (Å²) in [6, 6.07) is 12.5. The molecule has 1 aliphatic carbocycles. The van der Waals surface area contributed by atoms with Crippen LogP contribution < -0.4 is 5.32 Å². The van der Waals surface area contributed by atoms with Crippen molar-refractivity contribution in [3.8, 4) is 0 Å². The number of anilines is 2. The molecule has 0 radical (unpaired) electrons. The van der Waals surface area contributed by atoms with Gasteiger partial charge in [-0.2, -0.15) is 0 Å². The normalized spacial score (nSPS) is 13.1. The second kappa shape index (κ2) is 6.83. The number of halogens is 3. The van der Waals surface area contributed by atoms with Gasteiger partial charge in [0, 0.05) is 16.8 Å². The SMILES string of the molecule is CC(C)(C)c1ccc(Nc2c(F)c(F)c3c(c2F)C(=O)c2ccccc2C3=O)cc1. The number of ketones is 2. The van der Waals surface area contributed by atoms with E-state index in [0.29, 0.717) is 5.69 Å². The van der Waals surface area contributed by atoms with E-state index in [1.54, 1.807) is 24.3 Å². The molecule has 0 bridgehead atoms. The first kappa shape index (κ1) is 19.9. The molecule has 30 heavy (non-hydrogen) atoms. The highest BCUT2D eigenvalue weighted by atomic mass is 19.2. The van der Waals surface area contributed by atoms with Crippen LogP contribution in [0.25, 0.3) is 0 Å². The van der Waals surface area contributed by atoms with E-state index in [2.05, 4.69) is 5.32 Å². The summed E-state index contributed by atoms with van der Waals surface area (Å²) in [5.41, 5.74) is -1.36. The second-order valence-electron chi connectivity index (χ2n) is 8.22. The third-order valence-corrected chi connectivity index (χ3v) is 5.21. The molecule has 0 fully saturated rings. The van der Waals surface area contributed by atoms with Gasteiger partial charge in [0.1, 0.15) is 5.69 Å². The van der Waals surface area contributed by atoms with Crippen LogP contribution in [-0.2, 0) is 5.41 Å². The molecule has 0 unspecified atom stereocenters. The molecule has 0 atom stereocenters. The second-order valence-corrected chi connectivity index (χ2v) is 8.22. The lowest BCUT2D eigenvalue weighted by Crippen LogP contribution is -2.25. The Kier molecular flexibility index (Phi) is 4.53. The number of hydrogen-bond donors (Lipinski definition) is 1. The summed E-state index contributed by atoms with van der Waals surface area (Å²) in [4.78, 5) is 25.4. The van der Waals surface area contributed by atoms with Crippen molar-refractivity contribution in [1.29, 1.82) is 0 Å². The molecule has 0 spiro atoms. The lowest BCUT2D eigenvalue weighted by atomic mass is 9.83. The molecule has 1 N–H and O–H groups in total. The first-order chi connectivity index (χ1) is 14.1. The van der Waals surface area contributed by atoms with Crippen molar-refractivity contribution in [3.05, 3.63) is 93.8 Å². The molecule has 0 heterocycles. The van der Waals surface area contributed by atoms with E-state index < -0.39 is 45.8 Å². The Balaban J connectivity index is 1.83. The van der Waals surface area contributed by atoms with E-state index in [9.17, 15) is 18.4 Å². The number of benzene rings is 3. The fourth-order valence-electron chi connectivity index (χ4n) is 3.54. The number of nitrogens with one attached hydrogen (secondary N) is 1. The van der Waals surface area contributed by atoms with Gasteiger partial charge in [-0.25, -0.2) is 13.2 Å². The summed E-state index contributed by atoms with van der Waals surface area (Å²) < 4.78 is 44.8. The van der Waals surface area contributed by atoms with Crippen LogP contribution >= 0.6 is 0 Å². The van der Waals surface area contributed by atoms with Gasteiger partial charge >= 0.3 is 0 Å². The quantitative estimate of drug-likeness (QED) is 0.418. The van der Waals surface area contributed by atoms with Gasteiger partial charge in [-0.1, -0.05) is 57.2 Å². The molecule has 4 rings (SSSR count).